The smallest absolute Gasteiger partial charge is 0.0702 e. The van der Waals surface area contributed by atoms with Gasteiger partial charge in [-0.15, -0.1) is 0 Å². The van der Waals surface area contributed by atoms with E-state index in [9.17, 15) is 0 Å². The van der Waals surface area contributed by atoms with Gasteiger partial charge in [0, 0.05) is 11.8 Å². The van der Waals surface area contributed by atoms with Crippen molar-refractivity contribution in [3.05, 3.63) is 54.2 Å². The molecule has 1 aromatic carbocycles. The first-order valence-corrected chi connectivity index (χ1v) is 7.82. The van der Waals surface area contributed by atoms with Gasteiger partial charge in [-0.25, -0.2) is 0 Å². The van der Waals surface area contributed by atoms with Crippen LogP contribution in [-0.4, -0.2) is 4.98 Å². The van der Waals surface area contributed by atoms with Gasteiger partial charge in [0.05, 0.1) is 5.69 Å². The van der Waals surface area contributed by atoms with Crippen molar-refractivity contribution < 1.29 is 0 Å². The Morgan fingerprint density at radius 1 is 1.00 bits per heavy atom. The zero-order valence-corrected chi connectivity index (χ0v) is 12.7. The van der Waals surface area contributed by atoms with Crippen LogP contribution in [-0.2, 0) is 0 Å². The van der Waals surface area contributed by atoms with Crippen molar-refractivity contribution in [1.29, 1.82) is 0 Å². The molecule has 0 bridgehead atoms. The Bertz CT molecular complexity index is 504. The molecule has 1 atom stereocenters. The highest BCUT2D eigenvalue weighted by Crippen LogP contribution is 2.26. The maximum Gasteiger partial charge on any atom is 0.0702 e. The zero-order chi connectivity index (χ0) is 14.2. The van der Waals surface area contributed by atoms with Gasteiger partial charge in [0.25, 0.3) is 0 Å². The van der Waals surface area contributed by atoms with Crippen LogP contribution in [0.4, 0.5) is 0 Å². The Kier molecular flexibility index (Phi) is 5.79. The first kappa shape index (κ1) is 14.8. The van der Waals surface area contributed by atoms with Crippen LogP contribution in [0.15, 0.2) is 48.7 Å². The van der Waals surface area contributed by atoms with Crippen molar-refractivity contribution in [3.8, 4) is 11.3 Å². The van der Waals surface area contributed by atoms with Crippen LogP contribution in [0.3, 0.4) is 0 Å². The molecule has 0 saturated heterocycles. The first-order valence-electron chi connectivity index (χ1n) is 7.82. The van der Waals surface area contributed by atoms with Crippen LogP contribution in [0.1, 0.15) is 57.4 Å². The van der Waals surface area contributed by atoms with Crippen molar-refractivity contribution in [2.24, 2.45) is 0 Å². The predicted octanol–water partition coefficient (Wildman–Crippen LogP) is 5.82. The number of aromatic nitrogens is 1. The molecule has 0 unspecified atom stereocenters. The van der Waals surface area contributed by atoms with E-state index in [0.717, 1.165) is 5.69 Å². The number of hydrogen-bond acceptors (Lipinski definition) is 1. The van der Waals surface area contributed by atoms with Crippen molar-refractivity contribution in [2.75, 3.05) is 0 Å². The van der Waals surface area contributed by atoms with Gasteiger partial charge in [-0.2, -0.15) is 0 Å². The quantitative estimate of drug-likeness (QED) is 0.576. The molecule has 0 amide bonds. The van der Waals surface area contributed by atoms with Crippen LogP contribution in [0, 0.1) is 0 Å². The number of unbranched alkanes of at least 4 members (excludes halogenated alkanes) is 3. The largest absolute Gasteiger partial charge is 0.256 e. The molecule has 1 aromatic heterocycles. The summed E-state index contributed by atoms with van der Waals surface area (Å²) in [6.45, 7) is 4.60. The standard InChI is InChI=1S/C19H25N/c1-3-4-5-6-10-16(2)17-11-9-12-18(15-17)19-13-7-8-14-20-19/h7-9,11-16H,3-6,10H2,1-2H3/t16-/m1/s1. The molecule has 1 heteroatoms. The second-order valence-corrected chi connectivity index (χ2v) is 5.59. The van der Waals surface area contributed by atoms with Crippen LogP contribution >= 0.6 is 0 Å². The Balaban J connectivity index is 2.02. The molecule has 0 fully saturated rings. The van der Waals surface area contributed by atoms with Gasteiger partial charge >= 0.3 is 0 Å². The third-order valence-electron chi connectivity index (χ3n) is 3.91. The minimum atomic E-state index is 0.635. The minimum absolute atomic E-state index is 0.635. The average molecular weight is 267 g/mol. The summed E-state index contributed by atoms with van der Waals surface area (Å²) in [6, 6.07) is 14.9. The van der Waals surface area contributed by atoms with Crippen LogP contribution < -0.4 is 0 Å². The van der Waals surface area contributed by atoms with E-state index in [1.54, 1.807) is 0 Å². The molecule has 0 aliphatic rings. The van der Waals surface area contributed by atoms with E-state index in [4.69, 9.17) is 0 Å². The fourth-order valence-electron chi connectivity index (χ4n) is 2.58. The normalized spacial score (nSPS) is 12.3. The average Bonchev–Trinajstić information content (AvgIpc) is 2.52. The van der Waals surface area contributed by atoms with Crippen molar-refractivity contribution in [2.45, 2.75) is 51.9 Å². The van der Waals surface area contributed by atoms with Gasteiger partial charge in [-0.1, -0.05) is 63.8 Å². The van der Waals surface area contributed by atoms with Crippen LogP contribution in [0.2, 0.25) is 0 Å². The molecule has 0 saturated carbocycles. The summed E-state index contributed by atoms with van der Waals surface area (Å²) in [6.07, 6.45) is 8.51. The lowest BCUT2D eigenvalue weighted by atomic mass is 9.93. The first-order chi connectivity index (χ1) is 9.81. The summed E-state index contributed by atoms with van der Waals surface area (Å²) in [5.74, 6) is 0.635. The Hall–Kier alpha value is -1.63. The van der Waals surface area contributed by atoms with E-state index in [1.807, 2.05) is 18.3 Å². The van der Waals surface area contributed by atoms with Gasteiger partial charge in [0.15, 0.2) is 0 Å². The van der Waals surface area contributed by atoms with E-state index in [-0.39, 0.29) is 0 Å². The minimum Gasteiger partial charge on any atom is -0.256 e. The topological polar surface area (TPSA) is 12.9 Å². The second-order valence-electron chi connectivity index (χ2n) is 5.59. The summed E-state index contributed by atoms with van der Waals surface area (Å²) in [5, 5.41) is 0. The van der Waals surface area contributed by atoms with Crippen molar-refractivity contribution >= 4 is 0 Å². The molecule has 1 nitrogen and oxygen atoms in total. The second kappa shape index (κ2) is 7.84. The third kappa shape index (κ3) is 4.19. The highest BCUT2D eigenvalue weighted by atomic mass is 14.7. The van der Waals surface area contributed by atoms with Gasteiger partial charge in [0.1, 0.15) is 0 Å². The van der Waals surface area contributed by atoms with E-state index >= 15 is 0 Å². The molecule has 0 spiro atoms. The van der Waals surface area contributed by atoms with Crippen molar-refractivity contribution in [3.63, 3.8) is 0 Å². The Morgan fingerprint density at radius 2 is 1.90 bits per heavy atom. The lowest BCUT2D eigenvalue weighted by Gasteiger charge is -2.13. The summed E-state index contributed by atoms with van der Waals surface area (Å²) in [4.78, 5) is 4.44. The number of nitrogens with zero attached hydrogens (tertiary/aromatic N) is 1. The Labute approximate surface area is 123 Å². The number of rotatable bonds is 7. The van der Waals surface area contributed by atoms with Gasteiger partial charge in [-0.05, 0) is 36.1 Å². The number of hydrogen-bond donors (Lipinski definition) is 0. The SMILES string of the molecule is CCCCCC[C@@H](C)c1cccc(-c2ccccn2)c1. The molecule has 2 aromatic rings. The lowest BCUT2D eigenvalue weighted by Crippen LogP contribution is -1.94. The summed E-state index contributed by atoms with van der Waals surface area (Å²) in [5.41, 5.74) is 3.72. The van der Waals surface area contributed by atoms with Gasteiger partial charge in [0.2, 0.25) is 0 Å². The molecule has 20 heavy (non-hydrogen) atoms. The summed E-state index contributed by atoms with van der Waals surface area (Å²) in [7, 11) is 0. The molecule has 1 heterocycles. The Morgan fingerprint density at radius 3 is 2.65 bits per heavy atom. The molecule has 0 N–H and O–H groups in total. The van der Waals surface area contributed by atoms with Crippen LogP contribution in [0.5, 0.6) is 0 Å². The van der Waals surface area contributed by atoms with E-state index in [1.165, 1.54) is 43.2 Å². The molecule has 0 aliphatic heterocycles. The molecular weight excluding hydrogens is 242 g/mol. The number of pyridine rings is 1. The van der Waals surface area contributed by atoms with Gasteiger partial charge in [-0.3, -0.25) is 4.98 Å². The molecular formula is C19H25N. The lowest BCUT2D eigenvalue weighted by molar-refractivity contribution is 0.580. The van der Waals surface area contributed by atoms with Gasteiger partial charge < -0.3 is 0 Å². The highest BCUT2D eigenvalue weighted by molar-refractivity contribution is 5.59. The number of benzene rings is 1. The third-order valence-corrected chi connectivity index (χ3v) is 3.91. The molecule has 2 rings (SSSR count). The van der Waals surface area contributed by atoms with Crippen LogP contribution in [0.25, 0.3) is 11.3 Å². The summed E-state index contributed by atoms with van der Waals surface area (Å²) >= 11 is 0. The van der Waals surface area contributed by atoms with Crippen molar-refractivity contribution in [1.82, 2.24) is 4.98 Å². The van der Waals surface area contributed by atoms with E-state index in [0.29, 0.717) is 5.92 Å². The monoisotopic (exact) mass is 267 g/mol. The van der Waals surface area contributed by atoms with E-state index < -0.39 is 0 Å². The maximum atomic E-state index is 4.44. The molecule has 0 aliphatic carbocycles. The zero-order valence-electron chi connectivity index (χ0n) is 12.7. The fraction of sp³-hybridized carbons (Fsp3) is 0.421. The fourth-order valence-corrected chi connectivity index (χ4v) is 2.58. The summed E-state index contributed by atoms with van der Waals surface area (Å²) < 4.78 is 0. The van der Waals surface area contributed by atoms with E-state index in [2.05, 4.69) is 49.2 Å². The maximum absolute atomic E-state index is 4.44. The highest BCUT2D eigenvalue weighted by Gasteiger charge is 2.07. The molecule has 106 valence electrons. The predicted molar refractivity (Wildman–Crippen MR) is 86.8 cm³/mol. The molecule has 0 radical (unpaired) electrons.